The molecule has 2 aromatic carbocycles. The third-order valence-corrected chi connectivity index (χ3v) is 5.56. The Hall–Kier alpha value is -2.35. The zero-order valence-corrected chi connectivity index (χ0v) is 17.1. The van der Waals surface area contributed by atoms with Gasteiger partial charge in [-0.1, -0.05) is 50.2 Å². The van der Waals surface area contributed by atoms with Gasteiger partial charge in [0.1, 0.15) is 11.5 Å². The van der Waals surface area contributed by atoms with Crippen molar-refractivity contribution < 1.29 is 28.9 Å². The summed E-state index contributed by atoms with van der Waals surface area (Å²) in [6, 6.07) is 17.0. The molecule has 1 N–H and O–H groups in total. The Bertz CT molecular complexity index is 811. The summed E-state index contributed by atoms with van der Waals surface area (Å²) in [5.41, 5.74) is 0.136. The van der Waals surface area contributed by atoms with Gasteiger partial charge in [-0.3, -0.25) is 0 Å². The van der Waals surface area contributed by atoms with Gasteiger partial charge >= 0.3 is 11.9 Å². The predicted octanol–water partition coefficient (Wildman–Crippen LogP) is 3.30. The van der Waals surface area contributed by atoms with Crippen molar-refractivity contribution in [3.8, 4) is 0 Å². The first-order valence-electron chi connectivity index (χ1n) is 9.43. The molecule has 1 fully saturated rings. The molecular weight excluding hydrogens is 392 g/mol. The molecule has 0 saturated carbocycles. The molecule has 0 bridgehead atoms. The second-order valence-electron chi connectivity index (χ2n) is 6.92. The highest BCUT2D eigenvalue weighted by molar-refractivity contribution is 8.00. The number of hydrogen-bond donors (Lipinski definition) is 1. The van der Waals surface area contributed by atoms with E-state index in [0.29, 0.717) is 11.1 Å². The van der Waals surface area contributed by atoms with E-state index in [0.717, 1.165) is 0 Å². The Balaban J connectivity index is 1.77. The van der Waals surface area contributed by atoms with Gasteiger partial charge in [0, 0.05) is 5.25 Å². The van der Waals surface area contributed by atoms with Crippen molar-refractivity contribution in [2.75, 3.05) is 6.61 Å². The van der Waals surface area contributed by atoms with Crippen LogP contribution >= 0.6 is 11.8 Å². The quantitative estimate of drug-likeness (QED) is 0.724. The summed E-state index contributed by atoms with van der Waals surface area (Å²) >= 11 is 1.42. The maximum Gasteiger partial charge on any atom is 0.338 e. The fourth-order valence-electron chi connectivity index (χ4n) is 2.94. The molecule has 1 heterocycles. The Morgan fingerprint density at radius 1 is 0.966 bits per heavy atom. The van der Waals surface area contributed by atoms with Crippen LogP contribution in [0.4, 0.5) is 0 Å². The first-order valence-corrected chi connectivity index (χ1v) is 10.4. The molecule has 29 heavy (non-hydrogen) atoms. The van der Waals surface area contributed by atoms with E-state index in [4.69, 9.17) is 14.2 Å². The summed E-state index contributed by atoms with van der Waals surface area (Å²) in [6.07, 6.45) is -3.10. The van der Waals surface area contributed by atoms with Gasteiger partial charge in [-0.2, -0.15) is 0 Å². The molecule has 4 atom stereocenters. The summed E-state index contributed by atoms with van der Waals surface area (Å²) in [5.74, 6) is -1.16. The van der Waals surface area contributed by atoms with Crippen molar-refractivity contribution in [3.05, 3.63) is 71.8 Å². The maximum atomic E-state index is 12.6. The van der Waals surface area contributed by atoms with Gasteiger partial charge in [0.05, 0.1) is 17.7 Å². The number of thioether (sulfide) groups is 1. The smallest absolute Gasteiger partial charge is 0.338 e. The Morgan fingerprint density at radius 3 is 2.00 bits per heavy atom. The van der Waals surface area contributed by atoms with Crippen LogP contribution in [0.5, 0.6) is 0 Å². The lowest BCUT2D eigenvalue weighted by Gasteiger charge is -2.39. The molecule has 6 nitrogen and oxygen atoms in total. The number of benzene rings is 2. The van der Waals surface area contributed by atoms with Crippen LogP contribution in [-0.2, 0) is 14.2 Å². The summed E-state index contributed by atoms with van der Waals surface area (Å²) < 4.78 is 16.8. The molecule has 1 aliphatic heterocycles. The minimum atomic E-state index is -1.14. The van der Waals surface area contributed by atoms with Gasteiger partial charge < -0.3 is 19.3 Å². The second kappa shape index (κ2) is 9.91. The highest BCUT2D eigenvalue weighted by Crippen LogP contribution is 2.31. The summed E-state index contributed by atoms with van der Waals surface area (Å²) in [5, 5.41) is 11.0. The minimum absolute atomic E-state index is 0.0206. The topological polar surface area (TPSA) is 82.1 Å². The first kappa shape index (κ1) is 21.4. The number of rotatable bonds is 6. The van der Waals surface area contributed by atoms with E-state index < -0.39 is 35.7 Å². The third-order valence-electron chi connectivity index (χ3n) is 4.33. The second-order valence-corrected chi connectivity index (χ2v) is 8.60. The summed E-state index contributed by atoms with van der Waals surface area (Å²) in [7, 11) is 0. The van der Waals surface area contributed by atoms with Crippen molar-refractivity contribution in [3.63, 3.8) is 0 Å². The largest absolute Gasteiger partial charge is 0.452 e. The number of ether oxygens (including phenoxy) is 3. The van der Waals surface area contributed by atoms with E-state index in [9.17, 15) is 14.7 Å². The van der Waals surface area contributed by atoms with Crippen molar-refractivity contribution in [2.45, 2.75) is 42.8 Å². The lowest BCUT2D eigenvalue weighted by molar-refractivity contribution is -0.165. The van der Waals surface area contributed by atoms with Crippen LogP contribution in [0.2, 0.25) is 0 Å². The highest BCUT2D eigenvalue weighted by atomic mass is 32.2. The van der Waals surface area contributed by atoms with E-state index in [1.165, 1.54) is 11.8 Å². The number of carbonyl (C=O) groups excluding carboxylic acids is 2. The van der Waals surface area contributed by atoms with Gasteiger partial charge in [-0.15, -0.1) is 11.8 Å². The van der Waals surface area contributed by atoms with Crippen LogP contribution in [0.15, 0.2) is 60.7 Å². The number of aliphatic hydroxyl groups excluding tert-OH is 1. The predicted molar refractivity (Wildman–Crippen MR) is 110 cm³/mol. The van der Waals surface area contributed by atoms with Crippen LogP contribution in [-0.4, -0.2) is 52.6 Å². The van der Waals surface area contributed by atoms with Crippen LogP contribution in [0.25, 0.3) is 0 Å². The van der Waals surface area contributed by atoms with Gasteiger partial charge in [-0.25, -0.2) is 9.59 Å². The van der Waals surface area contributed by atoms with Crippen molar-refractivity contribution in [1.29, 1.82) is 0 Å². The number of esters is 2. The fourth-order valence-corrected chi connectivity index (χ4v) is 3.95. The van der Waals surface area contributed by atoms with Crippen molar-refractivity contribution in [2.24, 2.45) is 0 Å². The first-order chi connectivity index (χ1) is 14.0. The number of aliphatic hydroxyl groups is 1. The molecule has 0 aliphatic carbocycles. The molecular formula is C22H24O6S. The van der Waals surface area contributed by atoms with Crippen LogP contribution in [0.1, 0.15) is 34.6 Å². The van der Waals surface area contributed by atoms with Gasteiger partial charge in [0.15, 0.2) is 12.2 Å². The number of carbonyl (C=O) groups is 2. The molecule has 7 heteroatoms. The molecule has 0 aromatic heterocycles. The molecule has 154 valence electrons. The lowest BCUT2D eigenvalue weighted by Crippen LogP contribution is -2.55. The Labute approximate surface area is 174 Å². The number of hydrogen-bond acceptors (Lipinski definition) is 7. The molecule has 2 aromatic rings. The molecule has 1 aliphatic rings. The lowest BCUT2D eigenvalue weighted by atomic mass is 10.1. The monoisotopic (exact) mass is 416 g/mol. The normalized spacial score (nSPS) is 24.1. The zero-order chi connectivity index (χ0) is 20.8. The van der Waals surface area contributed by atoms with E-state index in [2.05, 4.69) is 0 Å². The molecule has 0 spiro atoms. The molecule has 0 radical (unpaired) electrons. The summed E-state index contributed by atoms with van der Waals surface area (Å²) in [6.45, 7) is 3.98. The van der Waals surface area contributed by atoms with Crippen LogP contribution in [0.3, 0.4) is 0 Å². The van der Waals surface area contributed by atoms with Gasteiger partial charge in [0.2, 0.25) is 0 Å². The SMILES string of the molecule is CC(C)S[C@@H]1OC[C@@H](OC(=O)c2ccccc2)[C@H](OC(=O)c2ccccc2)[C@H]1O. The van der Waals surface area contributed by atoms with E-state index in [1.807, 2.05) is 13.8 Å². The van der Waals surface area contributed by atoms with E-state index in [1.54, 1.807) is 60.7 Å². The minimum Gasteiger partial charge on any atom is -0.452 e. The summed E-state index contributed by atoms with van der Waals surface area (Å²) in [4.78, 5) is 25.0. The Morgan fingerprint density at radius 2 is 1.48 bits per heavy atom. The van der Waals surface area contributed by atoms with Crippen LogP contribution < -0.4 is 0 Å². The molecule has 3 rings (SSSR count). The zero-order valence-electron chi connectivity index (χ0n) is 16.3. The molecule has 1 saturated heterocycles. The molecule has 0 unspecified atom stereocenters. The molecule has 0 amide bonds. The third kappa shape index (κ3) is 5.59. The average molecular weight is 416 g/mol. The van der Waals surface area contributed by atoms with E-state index in [-0.39, 0.29) is 11.9 Å². The van der Waals surface area contributed by atoms with Crippen molar-refractivity contribution in [1.82, 2.24) is 0 Å². The standard InChI is InChI=1S/C22H24O6S/c1-14(2)29-22-18(23)19(28-21(25)16-11-7-4-8-12-16)17(13-26-22)27-20(24)15-9-5-3-6-10-15/h3-12,14,17-19,22-23H,13H2,1-2H3/t17-,18-,19+,22+/m1/s1. The van der Waals surface area contributed by atoms with Crippen LogP contribution in [0, 0.1) is 0 Å². The highest BCUT2D eigenvalue weighted by Gasteiger charge is 2.45. The van der Waals surface area contributed by atoms with Crippen molar-refractivity contribution >= 4 is 23.7 Å². The fraction of sp³-hybridized carbons (Fsp3) is 0.364. The van der Waals surface area contributed by atoms with Gasteiger partial charge in [-0.05, 0) is 24.3 Å². The van der Waals surface area contributed by atoms with E-state index >= 15 is 0 Å². The van der Waals surface area contributed by atoms with Gasteiger partial charge in [0.25, 0.3) is 0 Å². The average Bonchev–Trinajstić information content (AvgIpc) is 2.73. The Kier molecular flexibility index (Phi) is 7.30. The maximum absolute atomic E-state index is 12.6.